The minimum atomic E-state index is -0.542. The molecule has 0 radical (unpaired) electrons. The van der Waals surface area contributed by atoms with Crippen LogP contribution in [0.4, 0.5) is 4.39 Å². The van der Waals surface area contributed by atoms with Gasteiger partial charge in [-0.3, -0.25) is 9.78 Å². The summed E-state index contributed by atoms with van der Waals surface area (Å²) in [6, 6.07) is 3.75. The Balaban J connectivity index is 1.78. The topological polar surface area (TPSA) is 42.0 Å². The van der Waals surface area contributed by atoms with Crippen LogP contribution in [-0.4, -0.2) is 23.1 Å². The Bertz CT molecular complexity index is 438. The molecule has 0 aromatic carbocycles. The number of amides is 1. The van der Waals surface area contributed by atoms with Gasteiger partial charge in [-0.1, -0.05) is 0 Å². The van der Waals surface area contributed by atoms with Crippen LogP contribution < -0.4 is 5.32 Å². The molecule has 2 aliphatic rings. The first kappa shape index (κ1) is 10.7. The maximum absolute atomic E-state index is 12.8. The number of nitrogens with one attached hydrogen (secondary N) is 1. The van der Waals surface area contributed by atoms with Crippen molar-refractivity contribution >= 4 is 5.91 Å². The molecule has 4 heteroatoms. The van der Waals surface area contributed by atoms with Crippen LogP contribution >= 0.6 is 0 Å². The number of carbonyl (C=O) groups excluding carboxylic acids is 1. The van der Waals surface area contributed by atoms with E-state index < -0.39 is 17.6 Å². The lowest BCUT2D eigenvalue weighted by atomic mass is 9.95. The van der Waals surface area contributed by atoms with Crippen molar-refractivity contribution < 1.29 is 9.18 Å². The van der Waals surface area contributed by atoms with Crippen LogP contribution in [0.5, 0.6) is 0 Å². The molecule has 1 heterocycles. The molecular weight excluding hydrogens is 219 g/mol. The van der Waals surface area contributed by atoms with Crippen LogP contribution in [0.25, 0.3) is 0 Å². The van der Waals surface area contributed by atoms with Gasteiger partial charge in [0.05, 0.1) is 11.0 Å². The first-order chi connectivity index (χ1) is 8.21. The number of hydrogen-bond acceptors (Lipinski definition) is 2. The molecule has 2 aliphatic carbocycles. The minimum Gasteiger partial charge on any atom is -0.347 e. The first-order valence-electron chi connectivity index (χ1n) is 6.00. The quantitative estimate of drug-likeness (QED) is 0.862. The smallest absolute Gasteiger partial charge is 0.231 e. The van der Waals surface area contributed by atoms with E-state index in [2.05, 4.69) is 10.3 Å². The van der Waals surface area contributed by atoms with E-state index in [1.807, 2.05) is 12.1 Å². The van der Waals surface area contributed by atoms with Crippen LogP contribution in [0, 0.1) is 0 Å². The summed E-state index contributed by atoms with van der Waals surface area (Å²) in [5.41, 5.74) is 0.0487. The van der Waals surface area contributed by atoms with Gasteiger partial charge in [-0.2, -0.15) is 0 Å². The number of halogens is 1. The van der Waals surface area contributed by atoms with Crippen LogP contribution in [0.2, 0.25) is 0 Å². The van der Waals surface area contributed by atoms with Crippen molar-refractivity contribution in [2.75, 3.05) is 6.67 Å². The third kappa shape index (κ3) is 1.72. The van der Waals surface area contributed by atoms with E-state index >= 15 is 0 Å². The predicted octanol–water partition coefficient (Wildman–Crippen LogP) is 1.73. The maximum Gasteiger partial charge on any atom is 0.231 e. The average molecular weight is 234 g/mol. The van der Waals surface area contributed by atoms with E-state index in [-0.39, 0.29) is 5.91 Å². The highest BCUT2D eigenvalue weighted by molar-refractivity contribution is 5.92. The molecule has 0 saturated heterocycles. The molecule has 2 saturated carbocycles. The van der Waals surface area contributed by atoms with Gasteiger partial charge in [-0.05, 0) is 43.4 Å². The molecule has 3 rings (SSSR count). The third-order valence-corrected chi connectivity index (χ3v) is 3.91. The Morgan fingerprint density at radius 2 is 1.94 bits per heavy atom. The van der Waals surface area contributed by atoms with Gasteiger partial charge in [0.1, 0.15) is 6.67 Å². The highest BCUT2D eigenvalue weighted by atomic mass is 19.1. The van der Waals surface area contributed by atoms with Crippen molar-refractivity contribution in [3.8, 4) is 0 Å². The fourth-order valence-corrected chi connectivity index (χ4v) is 2.25. The minimum absolute atomic E-state index is 0.0150. The van der Waals surface area contributed by atoms with Gasteiger partial charge in [0.25, 0.3) is 0 Å². The number of hydrogen-bond donors (Lipinski definition) is 1. The molecule has 0 unspecified atom stereocenters. The van der Waals surface area contributed by atoms with Crippen molar-refractivity contribution in [3.63, 3.8) is 0 Å². The average Bonchev–Trinajstić information content (AvgIpc) is 3.26. The highest BCUT2D eigenvalue weighted by Crippen LogP contribution is 2.49. The number of nitrogens with zero attached hydrogens (tertiary/aromatic N) is 1. The highest BCUT2D eigenvalue weighted by Gasteiger charge is 2.55. The van der Waals surface area contributed by atoms with Crippen molar-refractivity contribution in [2.24, 2.45) is 0 Å². The number of aromatic nitrogens is 1. The van der Waals surface area contributed by atoms with Crippen molar-refractivity contribution in [1.82, 2.24) is 10.3 Å². The maximum atomic E-state index is 12.8. The molecule has 17 heavy (non-hydrogen) atoms. The normalized spacial score (nSPS) is 22.9. The van der Waals surface area contributed by atoms with Crippen molar-refractivity contribution in [3.05, 3.63) is 30.1 Å². The standard InChI is InChI=1S/C13H15FN2O/c14-9-12(3-4-12)16-11(17)13(5-6-13)10-1-7-15-8-2-10/h1-2,7-8H,3-6,9H2,(H,16,17). The predicted molar refractivity (Wildman–Crippen MR) is 61.2 cm³/mol. The van der Waals surface area contributed by atoms with Gasteiger partial charge in [0, 0.05) is 12.4 Å². The van der Waals surface area contributed by atoms with Crippen molar-refractivity contribution in [1.29, 1.82) is 0 Å². The van der Waals surface area contributed by atoms with Gasteiger partial charge in [-0.15, -0.1) is 0 Å². The summed E-state index contributed by atoms with van der Waals surface area (Å²) < 4.78 is 12.8. The Morgan fingerprint density at radius 3 is 2.41 bits per heavy atom. The summed E-state index contributed by atoms with van der Waals surface area (Å²) in [4.78, 5) is 16.2. The van der Waals surface area contributed by atoms with Gasteiger partial charge in [0.15, 0.2) is 0 Å². The van der Waals surface area contributed by atoms with Gasteiger partial charge >= 0.3 is 0 Å². The summed E-state index contributed by atoms with van der Waals surface area (Å²) in [6.45, 7) is -0.453. The summed E-state index contributed by atoms with van der Waals surface area (Å²) in [7, 11) is 0. The summed E-state index contributed by atoms with van der Waals surface area (Å²) in [5, 5.41) is 2.88. The lowest BCUT2D eigenvalue weighted by Crippen LogP contribution is -2.44. The van der Waals surface area contributed by atoms with E-state index in [0.29, 0.717) is 0 Å². The summed E-state index contributed by atoms with van der Waals surface area (Å²) in [5.74, 6) is -0.0150. The molecule has 1 aromatic heterocycles. The summed E-state index contributed by atoms with van der Waals surface area (Å²) in [6.07, 6.45) is 6.63. The zero-order valence-corrected chi connectivity index (χ0v) is 9.58. The zero-order chi connectivity index (χ0) is 11.9. The number of pyridine rings is 1. The second-order valence-corrected chi connectivity index (χ2v) is 5.19. The fraction of sp³-hybridized carbons (Fsp3) is 0.538. The Labute approximate surface area is 99.4 Å². The number of rotatable bonds is 4. The third-order valence-electron chi connectivity index (χ3n) is 3.91. The van der Waals surface area contributed by atoms with E-state index in [1.54, 1.807) is 12.4 Å². The molecule has 2 fully saturated rings. The summed E-state index contributed by atoms with van der Waals surface area (Å²) >= 11 is 0. The van der Waals surface area contributed by atoms with E-state index in [1.165, 1.54) is 0 Å². The number of carbonyl (C=O) groups is 1. The SMILES string of the molecule is O=C(NC1(CF)CC1)C1(c2ccncc2)CC1. The monoisotopic (exact) mass is 234 g/mol. The zero-order valence-electron chi connectivity index (χ0n) is 9.58. The lowest BCUT2D eigenvalue weighted by Gasteiger charge is -2.20. The number of alkyl halides is 1. The molecular formula is C13H15FN2O. The van der Waals surface area contributed by atoms with Gasteiger partial charge in [-0.25, -0.2) is 4.39 Å². The van der Waals surface area contributed by atoms with Gasteiger partial charge < -0.3 is 5.32 Å². The van der Waals surface area contributed by atoms with Crippen LogP contribution in [0.15, 0.2) is 24.5 Å². The molecule has 0 spiro atoms. The molecule has 1 N–H and O–H groups in total. The molecule has 90 valence electrons. The molecule has 1 amide bonds. The molecule has 0 atom stereocenters. The second kappa shape index (κ2) is 3.52. The fourth-order valence-electron chi connectivity index (χ4n) is 2.25. The second-order valence-electron chi connectivity index (χ2n) is 5.19. The Hall–Kier alpha value is -1.45. The largest absolute Gasteiger partial charge is 0.347 e. The van der Waals surface area contributed by atoms with Crippen LogP contribution in [0.1, 0.15) is 31.2 Å². The molecule has 0 aliphatic heterocycles. The van der Waals surface area contributed by atoms with Crippen molar-refractivity contribution in [2.45, 2.75) is 36.6 Å². The first-order valence-corrected chi connectivity index (χ1v) is 6.00. The molecule has 0 bridgehead atoms. The van der Waals surface area contributed by atoms with E-state index in [4.69, 9.17) is 0 Å². The Morgan fingerprint density at radius 1 is 1.29 bits per heavy atom. The Kier molecular flexibility index (Phi) is 2.21. The van der Waals surface area contributed by atoms with Crippen LogP contribution in [0.3, 0.4) is 0 Å². The van der Waals surface area contributed by atoms with E-state index in [0.717, 1.165) is 31.2 Å². The molecule has 1 aromatic rings. The molecule has 3 nitrogen and oxygen atoms in total. The lowest BCUT2D eigenvalue weighted by molar-refractivity contribution is -0.124. The van der Waals surface area contributed by atoms with E-state index in [9.17, 15) is 9.18 Å². The van der Waals surface area contributed by atoms with Gasteiger partial charge in [0.2, 0.25) is 5.91 Å². The van der Waals surface area contributed by atoms with Crippen LogP contribution in [-0.2, 0) is 10.2 Å².